The zero-order valence-electron chi connectivity index (χ0n) is 51.5. The molecule has 12 rings (SSSR count). The van der Waals surface area contributed by atoms with E-state index < -0.39 is 5.41 Å². The summed E-state index contributed by atoms with van der Waals surface area (Å²) in [5.74, 6) is 2.66. The smallest absolute Gasteiger partial charge is 0.135 e. The van der Waals surface area contributed by atoms with Gasteiger partial charge in [-0.25, -0.2) is 4.98 Å². The van der Waals surface area contributed by atoms with Crippen molar-refractivity contribution >= 4 is 44.6 Å². The van der Waals surface area contributed by atoms with E-state index in [0.29, 0.717) is 23.3 Å². The molecule has 3 heterocycles. The van der Waals surface area contributed by atoms with Crippen molar-refractivity contribution in [3.8, 4) is 28.4 Å². The minimum atomic E-state index is -0.436. The maximum Gasteiger partial charge on any atom is 0.135 e. The van der Waals surface area contributed by atoms with E-state index in [9.17, 15) is 0 Å². The van der Waals surface area contributed by atoms with Gasteiger partial charge in [-0.05, 0) is 126 Å². The Labute approximate surface area is 519 Å². The minimum Gasteiger partial charge on any atom is -0.509 e. The van der Waals surface area contributed by atoms with E-state index in [4.69, 9.17) is 9.72 Å². The maximum atomic E-state index is 7.19. The average molecular weight is 1290 g/mol. The Morgan fingerprint density at radius 2 is 1.00 bits per heavy atom. The molecule has 5 nitrogen and oxygen atoms in total. The van der Waals surface area contributed by atoms with Gasteiger partial charge in [0.1, 0.15) is 5.82 Å². The van der Waals surface area contributed by atoms with Crippen molar-refractivity contribution < 1.29 is 25.8 Å². The Hall–Kier alpha value is -7.98. The second kappa shape index (κ2) is 22.8. The van der Waals surface area contributed by atoms with Crippen LogP contribution in [0.3, 0.4) is 0 Å². The van der Waals surface area contributed by atoms with E-state index in [1.165, 1.54) is 55.6 Å². The van der Waals surface area contributed by atoms with Crippen LogP contribution in [0.5, 0.6) is 11.5 Å². The largest absolute Gasteiger partial charge is 0.509 e. The number of fused-ring (bicyclic) bond motifs is 4. The molecule has 432 valence electrons. The van der Waals surface area contributed by atoms with E-state index in [1.807, 2.05) is 12.3 Å². The van der Waals surface area contributed by atoms with Gasteiger partial charge in [-0.1, -0.05) is 235 Å². The third-order valence-corrected chi connectivity index (χ3v) is 17.9. The Morgan fingerprint density at radius 3 is 1.56 bits per heavy atom. The normalized spacial score (nSPS) is 13.0. The number of pyridine rings is 1. The Bertz CT molecular complexity index is 4130. The fraction of sp³-hybridized carbons (Fsp3) is 0.241. The van der Waals surface area contributed by atoms with Gasteiger partial charge in [0.2, 0.25) is 0 Å². The summed E-state index contributed by atoms with van der Waals surface area (Å²) in [6.07, 6.45) is 1.92. The van der Waals surface area contributed by atoms with Gasteiger partial charge in [-0.2, -0.15) is 6.07 Å². The molecule has 0 saturated heterocycles. The van der Waals surface area contributed by atoms with E-state index >= 15 is 0 Å². The molecule has 0 atom stereocenters. The van der Waals surface area contributed by atoms with E-state index in [-0.39, 0.29) is 37.3 Å². The summed E-state index contributed by atoms with van der Waals surface area (Å²) in [6.45, 7) is 32.3. The molecule has 0 radical (unpaired) electrons. The summed E-state index contributed by atoms with van der Waals surface area (Å²) in [5.41, 5.74) is 18.5. The zero-order valence-corrected chi connectivity index (χ0v) is 53.7. The van der Waals surface area contributed by atoms with Crippen molar-refractivity contribution in [1.82, 2.24) is 9.55 Å². The first-order valence-corrected chi connectivity index (χ1v) is 29.9. The quantitative estimate of drug-likeness (QED) is 0.102. The summed E-state index contributed by atoms with van der Waals surface area (Å²) in [7, 11) is 0. The number of nitrogens with zero attached hydrogens (tertiary/aromatic N) is 4. The van der Waals surface area contributed by atoms with Crippen molar-refractivity contribution in [3.05, 3.63) is 281 Å². The molecule has 0 unspecified atom stereocenters. The fourth-order valence-corrected chi connectivity index (χ4v) is 12.5. The molecule has 0 saturated carbocycles. The number of anilines is 4. The van der Waals surface area contributed by atoms with Crippen molar-refractivity contribution in [2.75, 3.05) is 9.80 Å². The molecular weight excluding hydrogens is 1220 g/mol. The Morgan fingerprint density at radius 1 is 0.447 bits per heavy atom. The monoisotopic (exact) mass is 1290 g/mol. The molecule has 9 aromatic carbocycles. The second-order valence-corrected chi connectivity index (χ2v) is 26.2. The number of hydrogen-bond acceptors (Lipinski definition) is 4. The molecule has 11 aromatic rings. The van der Waals surface area contributed by atoms with E-state index in [0.717, 1.165) is 55.9 Å². The number of aromatic nitrogens is 2. The van der Waals surface area contributed by atoms with Crippen molar-refractivity contribution in [2.45, 2.75) is 124 Å². The summed E-state index contributed by atoms with van der Waals surface area (Å²) in [5, 5.41) is 2.21. The molecule has 1 aliphatic rings. The zero-order chi connectivity index (χ0) is 58.9. The van der Waals surface area contributed by atoms with Crippen LogP contribution in [-0.4, -0.2) is 9.55 Å². The predicted molar refractivity (Wildman–Crippen MR) is 352 cm³/mol. The van der Waals surface area contributed by atoms with E-state index in [1.54, 1.807) is 0 Å². The number of hydrogen-bond donors (Lipinski definition) is 0. The van der Waals surface area contributed by atoms with Gasteiger partial charge >= 0.3 is 0 Å². The molecule has 0 spiro atoms. The summed E-state index contributed by atoms with van der Waals surface area (Å²) in [4.78, 5) is 9.72. The van der Waals surface area contributed by atoms with Crippen molar-refractivity contribution in [2.24, 2.45) is 0 Å². The molecule has 0 aliphatic carbocycles. The molecule has 0 fully saturated rings. The maximum absolute atomic E-state index is 7.19. The van der Waals surface area contributed by atoms with Crippen LogP contribution in [0.1, 0.15) is 152 Å². The van der Waals surface area contributed by atoms with Crippen LogP contribution in [0.4, 0.5) is 22.7 Å². The molecular formula is C79H77N4OPt-3. The first-order chi connectivity index (χ1) is 40.2. The Kier molecular flexibility index (Phi) is 15.8. The first-order valence-electron chi connectivity index (χ1n) is 29.9. The number of benzene rings is 9. The van der Waals surface area contributed by atoms with Gasteiger partial charge in [0.15, 0.2) is 0 Å². The molecule has 0 amide bonds. The predicted octanol–water partition coefficient (Wildman–Crippen LogP) is 21.2. The third kappa shape index (κ3) is 11.0. The average Bonchev–Trinajstić information content (AvgIpc) is 1.80. The summed E-state index contributed by atoms with van der Waals surface area (Å²) >= 11 is 0. The van der Waals surface area contributed by atoms with Crippen LogP contribution in [0.25, 0.3) is 38.8 Å². The van der Waals surface area contributed by atoms with Gasteiger partial charge < -0.3 is 19.1 Å². The molecule has 0 bridgehead atoms. The van der Waals surface area contributed by atoms with Crippen molar-refractivity contribution in [1.29, 1.82) is 0 Å². The van der Waals surface area contributed by atoms with Gasteiger partial charge in [-0.3, -0.25) is 0 Å². The summed E-state index contributed by atoms with van der Waals surface area (Å²) < 4.78 is 9.42. The molecule has 2 aromatic heterocycles. The minimum absolute atomic E-state index is 0. The second-order valence-electron chi connectivity index (χ2n) is 26.2. The van der Waals surface area contributed by atoms with Crippen LogP contribution in [-0.2, 0) is 42.7 Å². The van der Waals surface area contributed by atoms with Crippen LogP contribution in [0, 0.1) is 18.8 Å². The van der Waals surface area contributed by atoms with Crippen molar-refractivity contribution in [3.63, 3.8) is 0 Å². The van der Waals surface area contributed by atoms with Gasteiger partial charge in [-0.15, -0.1) is 53.6 Å². The standard InChI is InChI=1S/C79H77N4O.Pt/c1-52(2)66-33-25-34-67(53(3)4)75(66)54-36-39-71-73(42-54)82(51-81(71)62-44-59(77(8,9)55-26-17-14-18-27-55)43-60(45-62)78(10,11)56-28-19-15-20-29-56)63-46-61(79(12,13)57-30-21-16-22-31-57)47-65(49-63)84-64-37-38-69-68-32-23-24-35-70(68)83(72(69)50-64)74-48-58(40-41-80-74)76(5,6)7;/h14-48,51-53H,1-13H3;/q-3;. The van der Waals surface area contributed by atoms with Crippen LogP contribution in [0.2, 0.25) is 0 Å². The molecule has 1 aliphatic heterocycles. The van der Waals surface area contributed by atoms with Gasteiger partial charge in [0, 0.05) is 72.2 Å². The number of para-hydroxylation sites is 1. The first kappa shape index (κ1) is 58.8. The number of rotatable bonds is 14. The van der Waals surface area contributed by atoms with Crippen LogP contribution >= 0.6 is 0 Å². The van der Waals surface area contributed by atoms with Crippen LogP contribution in [0.15, 0.2) is 212 Å². The van der Waals surface area contributed by atoms with Gasteiger partial charge in [0.05, 0.1) is 0 Å². The SMILES string of the molecule is CC(C)c1cccc(C(C)C)c1-c1ccc2c(c1)N(c1[c-]c(Oc3[c-]c4c(cc3)c3ccccc3n4-c3cc(C(C)(C)C)ccn3)cc(C(C)(C)c3ccccc3)c1)[CH-]N2c1cc(C(C)(C)c2ccccc2)cc(C(C)(C)c2ccccc2)c1.[Pt]. The third-order valence-electron chi connectivity index (χ3n) is 17.9. The topological polar surface area (TPSA) is 33.5 Å². The van der Waals surface area contributed by atoms with Crippen LogP contribution < -0.4 is 14.5 Å². The van der Waals surface area contributed by atoms with E-state index in [2.05, 4.69) is 323 Å². The number of ether oxygens (including phenoxy) is 1. The molecule has 0 N–H and O–H groups in total. The molecule has 85 heavy (non-hydrogen) atoms. The van der Waals surface area contributed by atoms with Gasteiger partial charge in [0.25, 0.3) is 0 Å². The summed E-state index contributed by atoms with van der Waals surface area (Å²) in [6, 6.07) is 83.1. The Balaban J connectivity index is 0.00000752. The fourth-order valence-electron chi connectivity index (χ4n) is 12.5. The molecule has 6 heteroatoms.